The first kappa shape index (κ1) is 24.4. The molecular formula is C22H37O6P. The second-order valence-corrected chi connectivity index (χ2v) is 11.1. The Bertz CT molecular complexity index is 619. The Morgan fingerprint density at radius 3 is 2.31 bits per heavy atom. The predicted octanol–water partition coefficient (Wildman–Crippen LogP) is 3.42. The highest BCUT2D eigenvalue weighted by Crippen LogP contribution is 2.39. The summed E-state index contributed by atoms with van der Waals surface area (Å²) in [6.07, 6.45) is 4.69. The molecule has 0 aliphatic heterocycles. The Morgan fingerprint density at radius 2 is 1.66 bits per heavy atom. The first-order chi connectivity index (χ1) is 13.8. The van der Waals surface area contributed by atoms with Crippen molar-refractivity contribution in [2.45, 2.75) is 69.7 Å². The van der Waals surface area contributed by atoms with Gasteiger partial charge in [-0.25, -0.2) is 0 Å². The van der Waals surface area contributed by atoms with Crippen LogP contribution in [-0.4, -0.2) is 58.0 Å². The highest BCUT2D eigenvalue weighted by Gasteiger charge is 2.40. The lowest BCUT2D eigenvalue weighted by Gasteiger charge is -2.24. The van der Waals surface area contributed by atoms with Gasteiger partial charge in [0.1, 0.15) is 12.4 Å². The van der Waals surface area contributed by atoms with Gasteiger partial charge in [0.2, 0.25) is 0 Å². The van der Waals surface area contributed by atoms with Crippen molar-refractivity contribution in [2.75, 3.05) is 19.4 Å². The van der Waals surface area contributed by atoms with E-state index in [1.807, 2.05) is 30.3 Å². The highest BCUT2D eigenvalue weighted by molar-refractivity contribution is 7.57. The van der Waals surface area contributed by atoms with Gasteiger partial charge in [-0.2, -0.15) is 0 Å². The minimum absolute atomic E-state index is 0.00956. The first-order valence-corrected chi connectivity index (χ1v) is 13.1. The molecule has 0 bridgehead atoms. The third-order valence-electron chi connectivity index (χ3n) is 5.90. The number of ether oxygens (including phenoxy) is 1. The van der Waals surface area contributed by atoms with Gasteiger partial charge in [0.15, 0.2) is 7.37 Å². The summed E-state index contributed by atoms with van der Waals surface area (Å²) in [7, 11) is -2.91. The molecule has 0 saturated heterocycles. The van der Waals surface area contributed by atoms with E-state index < -0.39 is 25.7 Å². The van der Waals surface area contributed by atoms with Gasteiger partial charge in [0, 0.05) is 12.8 Å². The Balaban J connectivity index is 1.69. The van der Waals surface area contributed by atoms with Gasteiger partial charge in [-0.05, 0) is 56.1 Å². The van der Waals surface area contributed by atoms with Crippen molar-refractivity contribution in [3.05, 3.63) is 30.3 Å². The fraction of sp³-hybridized carbons (Fsp3) is 0.727. The zero-order valence-corrected chi connectivity index (χ0v) is 18.3. The van der Waals surface area contributed by atoms with Crippen LogP contribution in [0.15, 0.2) is 30.3 Å². The molecule has 2 rings (SSSR count). The molecule has 1 fully saturated rings. The zero-order chi connectivity index (χ0) is 21.3. The Kier molecular flexibility index (Phi) is 10.1. The van der Waals surface area contributed by atoms with E-state index in [-0.39, 0.29) is 18.4 Å². The van der Waals surface area contributed by atoms with Crippen LogP contribution in [0.3, 0.4) is 0 Å². The SMILES string of the molecule is CP(=O)(O)CCCCCCC1C(O)CC(O)C1CCC(O)COc1ccccc1. The molecule has 0 spiro atoms. The van der Waals surface area contributed by atoms with Gasteiger partial charge < -0.3 is 24.9 Å². The van der Waals surface area contributed by atoms with Crippen LogP contribution in [0.4, 0.5) is 0 Å². The lowest BCUT2D eigenvalue weighted by atomic mass is 9.85. The van der Waals surface area contributed by atoms with Crippen molar-refractivity contribution in [2.24, 2.45) is 11.8 Å². The minimum Gasteiger partial charge on any atom is -0.491 e. The summed E-state index contributed by atoms with van der Waals surface area (Å²) in [6.45, 7) is 1.61. The van der Waals surface area contributed by atoms with Crippen molar-refractivity contribution < 1.29 is 29.5 Å². The van der Waals surface area contributed by atoms with Gasteiger partial charge >= 0.3 is 0 Å². The fourth-order valence-corrected chi connectivity index (χ4v) is 5.11. The summed E-state index contributed by atoms with van der Waals surface area (Å²) in [6, 6.07) is 9.37. The number of unbranched alkanes of at least 4 members (excludes halogenated alkanes) is 3. The average Bonchev–Trinajstić information content (AvgIpc) is 2.93. The van der Waals surface area contributed by atoms with Crippen LogP contribution in [0.5, 0.6) is 5.75 Å². The summed E-state index contributed by atoms with van der Waals surface area (Å²) in [5, 5.41) is 30.9. The first-order valence-electron chi connectivity index (χ1n) is 10.8. The maximum Gasteiger partial charge on any atom is 0.197 e. The largest absolute Gasteiger partial charge is 0.491 e. The molecule has 0 amide bonds. The molecule has 6 atom stereocenters. The maximum absolute atomic E-state index is 11.3. The van der Waals surface area contributed by atoms with E-state index in [1.165, 1.54) is 6.66 Å². The number of aliphatic hydroxyl groups is 3. The van der Waals surface area contributed by atoms with Crippen molar-refractivity contribution in [3.8, 4) is 5.75 Å². The molecule has 7 heteroatoms. The van der Waals surface area contributed by atoms with Gasteiger partial charge in [-0.15, -0.1) is 0 Å². The van der Waals surface area contributed by atoms with Crippen molar-refractivity contribution in [1.29, 1.82) is 0 Å². The highest BCUT2D eigenvalue weighted by atomic mass is 31.2. The maximum atomic E-state index is 11.3. The van der Waals surface area contributed by atoms with E-state index in [9.17, 15) is 24.8 Å². The van der Waals surface area contributed by atoms with E-state index in [1.54, 1.807) is 0 Å². The molecule has 166 valence electrons. The Hall–Kier alpha value is -0.910. The van der Waals surface area contributed by atoms with Crippen LogP contribution in [-0.2, 0) is 4.57 Å². The zero-order valence-electron chi connectivity index (χ0n) is 17.4. The molecular weight excluding hydrogens is 391 g/mol. The fourth-order valence-electron chi connectivity index (χ4n) is 4.30. The van der Waals surface area contributed by atoms with Crippen LogP contribution in [0, 0.1) is 11.8 Å². The number of hydrogen-bond acceptors (Lipinski definition) is 5. The van der Waals surface area contributed by atoms with Crippen LogP contribution in [0.2, 0.25) is 0 Å². The Morgan fingerprint density at radius 1 is 1.03 bits per heavy atom. The number of benzene rings is 1. The molecule has 0 aromatic heterocycles. The number of para-hydroxylation sites is 1. The van der Waals surface area contributed by atoms with Gasteiger partial charge in [-0.3, -0.25) is 4.57 Å². The number of rotatable bonds is 13. The second-order valence-electron chi connectivity index (χ2n) is 8.53. The minimum atomic E-state index is -2.91. The molecule has 0 radical (unpaired) electrons. The van der Waals surface area contributed by atoms with Gasteiger partial charge in [0.25, 0.3) is 0 Å². The van der Waals surface area contributed by atoms with Crippen LogP contribution in [0.25, 0.3) is 0 Å². The number of aliphatic hydroxyl groups excluding tert-OH is 3. The van der Waals surface area contributed by atoms with E-state index in [4.69, 9.17) is 4.74 Å². The van der Waals surface area contributed by atoms with E-state index >= 15 is 0 Å². The third kappa shape index (κ3) is 9.18. The summed E-state index contributed by atoms with van der Waals surface area (Å²) < 4.78 is 16.9. The third-order valence-corrected chi connectivity index (χ3v) is 7.05. The monoisotopic (exact) mass is 428 g/mol. The lowest BCUT2D eigenvalue weighted by molar-refractivity contribution is 0.0641. The van der Waals surface area contributed by atoms with E-state index in [0.29, 0.717) is 25.4 Å². The van der Waals surface area contributed by atoms with E-state index in [2.05, 4.69) is 0 Å². The second kappa shape index (κ2) is 12.1. The Labute approximate surface area is 174 Å². The molecule has 0 heterocycles. The van der Waals surface area contributed by atoms with Crippen LogP contribution < -0.4 is 4.74 Å². The standard InChI is InChI=1S/C22H37O6P/c1-29(26,27)14-8-3-2-7-11-19-20(22(25)15-21(19)24)13-12-17(23)16-28-18-9-5-4-6-10-18/h4-6,9-10,17,19-25H,2-3,7-8,11-16H2,1H3,(H,26,27). The molecule has 1 aliphatic carbocycles. The smallest absolute Gasteiger partial charge is 0.197 e. The van der Waals surface area contributed by atoms with Gasteiger partial charge in [0.05, 0.1) is 18.3 Å². The average molecular weight is 429 g/mol. The molecule has 1 saturated carbocycles. The molecule has 1 aliphatic rings. The molecule has 1 aromatic rings. The molecule has 4 N–H and O–H groups in total. The summed E-state index contributed by atoms with van der Waals surface area (Å²) in [5.41, 5.74) is 0. The quantitative estimate of drug-likeness (QED) is 0.283. The van der Waals surface area contributed by atoms with Crippen molar-refractivity contribution in [3.63, 3.8) is 0 Å². The topological polar surface area (TPSA) is 107 Å². The van der Waals surface area contributed by atoms with Gasteiger partial charge in [-0.1, -0.05) is 37.5 Å². The molecule has 1 aromatic carbocycles. The summed E-state index contributed by atoms with van der Waals surface area (Å²) >= 11 is 0. The van der Waals surface area contributed by atoms with Crippen molar-refractivity contribution in [1.82, 2.24) is 0 Å². The molecule has 6 unspecified atom stereocenters. The summed E-state index contributed by atoms with van der Waals surface area (Å²) in [4.78, 5) is 9.32. The van der Waals surface area contributed by atoms with E-state index in [0.717, 1.165) is 37.9 Å². The van der Waals surface area contributed by atoms with Crippen LogP contribution in [0.1, 0.15) is 51.4 Å². The predicted molar refractivity (Wildman–Crippen MR) is 114 cm³/mol. The lowest BCUT2D eigenvalue weighted by Crippen LogP contribution is -2.25. The number of hydrogen-bond donors (Lipinski definition) is 4. The normalized spacial score (nSPS) is 27.5. The summed E-state index contributed by atoms with van der Waals surface area (Å²) in [5.74, 6) is 0.758. The van der Waals surface area contributed by atoms with Crippen molar-refractivity contribution >= 4 is 7.37 Å². The van der Waals surface area contributed by atoms with Crippen LogP contribution >= 0.6 is 7.37 Å². The molecule has 29 heavy (non-hydrogen) atoms. The molecule has 6 nitrogen and oxygen atoms in total.